The Bertz CT molecular complexity index is 570. The lowest BCUT2D eigenvalue weighted by Crippen LogP contribution is -2.59. The van der Waals surface area contributed by atoms with E-state index < -0.39 is 0 Å². The number of rotatable bonds is 5. The van der Waals surface area contributed by atoms with Crippen molar-refractivity contribution >= 4 is 6.03 Å². The number of urea groups is 1. The molecule has 4 fully saturated rings. The highest BCUT2D eigenvalue weighted by Crippen LogP contribution is 2.27. The van der Waals surface area contributed by atoms with Crippen molar-refractivity contribution in [1.29, 1.82) is 0 Å². The van der Waals surface area contributed by atoms with Crippen LogP contribution in [0.1, 0.15) is 24.8 Å². The molecule has 1 aromatic rings. The number of piperidine rings is 3. The van der Waals surface area contributed by atoms with Gasteiger partial charge >= 0.3 is 6.03 Å². The fourth-order valence-electron chi connectivity index (χ4n) is 4.61. The van der Waals surface area contributed by atoms with Crippen LogP contribution < -0.4 is 10.6 Å². The number of likely N-dealkylation sites (tertiary alicyclic amines) is 1. The van der Waals surface area contributed by atoms with E-state index in [1.54, 1.807) is 0 Å². The molecule has 5 rings (SSSR count). The molecular weight excluding hydrogens is 312 g/mol. The average Bonchev–Trinajstić information content (AvgIpc) is 3.09. The molecule has 4 heterocycles. The van der Waals surface area contributed by atoms with Gasteiger partial charge in [-0.05, 0) is 50.3 Å². The molecule has 2 atom stereocenters. The largest absolute Gasteiger partial charge is 0.334 e. The van der Waals surface area contributed by atoms with Gasteiger partial charge in [-0.15, -0.1) is 0 Å². The van der Waals surface area contributed by atoms with Crippen LogP contribution in [0, 0.1) is 5.92 Å². The highest BCUT2D eigenvalue weighted by atomic mass is 16.2. The second-order valence-electron chi connectivity index (χ2n) is 7.88. The number of nitrogens with one attached hydrogen (secondary N) is 2. The topological polar surface area (TPSA) is 47.6 Å². The Balaban J connectivity index is 1.18. The molecular formula is C20H30N4O. The maximum Gasteiger partial charge on any atom is 0.315 e. The highest BCUT2D eigenvalue weighted by molar-refractivity contribution is 5.74. The maximum atomic E-state index is 12.4. The molecule has 5 heteroatoms. The lowest BCUT2D eigenvalue weighted by Gasteiger charge is -2.44. The third kappa shape index (κ3) is 4.33. The van der Waals surface area contributed by atoms with E-state index >= 15 is 0 Å². The first-order valence-electron chi connectivity index (χ1n) is 9.82. The zero-order valence-corrected chi connectivity index (χ0v) is 15.0. The van der Waals surface area contributed by atoms with E-state index in [1.807, 2.05) is 0 Å². The van der Waals surface area contributed by atoms with E-state index in [1.165, 1.54) is 31.5 Å². The molecule has 2 amide bonds. The summed E-state index contributed by atoms with van der Waals surface area (Å²) >= 11 is 0. The van der Waals surface area contributed by atoms with Crippen LogP contribution in [0.15, 0.2) is 30.3 Å². The van der Waals surface area contributed by atoms with Gasteiger partial charge in [-0.2, -0.15) is 0 Å². The van der Waals surface area contributed by atoms with Gasteiger partial charge in [-0.25, -0.2) is 4.79 Å². The summed E-state index contributed by atoms with van der Waals surface area (Å²) in [7, 11) is 0. The van der Waals surface area contributed by atoms with Crippen molar-refractivity contribution in [3.8, 4) is 0 Å². The molecule has 0 radical (unpaired) electrons. The van der Waals surface area contributed by atoms with Crippen LogP contribution >= 0.6 is 0 Å². The van der Waals surface area contributed by atoms with E-state index in [-0.39, 0.29) is 12.1 Å². The van der Waals surface area contributed by atoms with E-state index in [2.05, 4.69) is 50.8 Å². The zero-order chi connectivity index (χ0) is 17.1. The van der Waals surface area contributed by atoms with Crippen LogP contribution in [0.3, 0.4) is 0 Å². The monoisotopic (exact) mass is 342 g/mol. The zero-order valence-electron chi connectivity index (χ0n) is 15.0. The Morgan fingerprint density at radius 2 is 1.80 bits per heavy atom. The minimum Gasteiger partial charge on any atom is -0.334 e. The molecule has 4 aliphatic rings. The first-order valence-corrected chi connectivity index (χ1v) is 9.82. The van der Waals surface area contributed by atoms with Crippen LogP contribution in [0.5, 0.6) is 0 Å². The molecule has 0 saturated carbocycles. The van der Waals surface area contributed by atoms with Gasteiger partial charge in [0.05, 0.1) is 0 Å². The molecule has 2 N–H and O–H groups in total. The smallest absolute Gasteiger partial charge is 0.315 e. The lowest BCUT2D eigenvalue weighted by molar-refractivity contribution is 0.0764. The first kappa shape index (κ1) is 16.9. The normalized spacial score (nSPS) is 31.8. The predicted octanol–water partition coefficient (Wildman–Crippen LogP) is 1.70. The molecule has 0 aromatic heterocycles. The summed E-state index contributed by atoms with van der Waals surface area (Å²) in [6.45, 7) is 6.58. The number of carbonyl (C=O) groups excluding carboxylic acids is 1. The Morgan fingerprint density at radius 1 is 1.00 bits per heavy atom. The summed E-state index contributed by atoms with van der Waals surface area (Å²) in [5.41, 5.74) is 1.39. The Hall–Kier alpha value is -1.59. The van der Waals surface area contributed by atoms with Crippen molar-refractivity contribution in [2.75, 3.05) is 39.3 Å². The molecule has 1 unspecified atom stereocenters. The van der Waals surface area contributed by atoms with E-state index in [9.17, 15) is 4.79 Å². The van der Waals surface area contributed by atoms with Crippen LogP contribution in [-0.2, 0) is 6.42 Å². The SMILES string of the molecule is O=C(NC1CN2CCC1CC2)N[C@H]1CCN(CCc2ccccc2)C1. The first-order chi connectivity index (χ1) is 12.3. The Kier molecular flexibility index (Phi) is 5.22. The van der Waals surface area contributed by atoms with Gasteiger partial charge in [0.1, 0.15) is 0 Å². The number of hydrogen-bond donors (Lipinski definition) is 2. The average molecular weight is 342 g/mol. The van der Waals surface area contributed by atoms with Gasteiger partial charge in [0.25, 0.3) is 0 Å². The lowest BCUT2D eigenvalue weighted by atomic mass is 9.84. The van der Waals surface area contributed by atoms with Crippen molar-refractivity contribution in [1.82, 2.24) is 20.4 Å². The second-order valence-corrected chi connectivity index (χ2v) is 7.88. The number of benzene rings is 1. The molecule has 4 aliphatic heterocycles. The third-order valence-corrected chi connectivity index (χ3v) is 6.14. The van der Waals surface area contributed by atoms with Crippen molar-refractivity contribution in [3.05, 3.63) is 35.9 Å². The van der Waals surface area contributed by atoms with Crippen LogP contribution in [0.4, 0.5) is 4.79 Å². The standard InChI is InChI=1S/C20H30N4O/c25-20(22-19-15-24-11-7-17(19)8-12-24)21-18-9-13-23(14-18)10-6-16-4-2-1-3-5-16/h1-5,17-19H,6-15H2,(H2,21,22,25)/t18-,19?/m0/s1. The Morgan fingerprint density at radius 3 is 2.52 bits per heavy atom. The molecule has 136 valence electrons. The summed E-state index contributed by atoms with van der Waals surface area (Å²) in [4.78, 5) is 17.3. The molecule has 4 saturated heterocycles. The molecule has 0 aliphatic carbocycles. The number of nitrogens with zero attached hydrogens (tertiary/aromatic N) is 2. The summed E-state index contributed by atoms with van der Waals surface area (Å²) in [6.07, 6.45) is 4.62. The van der Waals surface area contributed by atoms with Gasteiger partial charge in [0.15, 0.2) is 0 Å². The summed E-state index contributed by atoms with van der Waals surface area (Å²) in [5.74, 6) is 0.682. The number of fused-ring (bicyclic) bond motifs is 3. The summed E-state index contributed by atoms with van der Waals surface area (Å²) in [6, 6.07) is 11.3. The maximum absolute atomic E-state index is 12.4. The number of hydrogen-bond acceptors (Lipinski definition) is 3. The molecule has 25 heavy (non-hydrogen) atoms. The molecule has 5 nitrogen and oxygen atoms in total. The van der Waals surface area contributed by atoms with Crippen molar-refractivity contribution in [3.63, 3.8) is 0 Å². The van der Waals surface area contributed by atoms with Gasteiger partial charge in [-0.1, -0.05) is 30.3 Å². The minimum atomic E-state index is 0.0358. The minimum absolute atomic E-state index is 0.0358. The molecule has 2 bridgehead atoms. The highest BCUT2D eigenvalue weighted by Gasteiger charge is 2.35. The predicted molar refractivity (Wildman–Crippen MR) is 99.6 cm³/mol. The summed E-state index contributed by atoms with van der Waals surface area (Å²) in [5, 5.41) is 6.44. The van der Waals surface area contributed by atoms with Crippen LogP contribution in [0.2, 0.25) is 0 Å². The fraction of sp³-hybridized carbons (Fsp3) is 0.650. The van der Waals surface area contributed by atoms with Gasteiger partial charge in [0, 0.05) is 38.3 Å². The quantitative estimate of drug-likeness (QED) is 0.856. The fourth-order valence-corrected chi connectivity index (χ4v) is 4.61. The van der Waals surface area contributed by atoms with Crippen molar-refractivity contribution in [2.24, 2.45) is 5.92 Å². The van der Waals surface area contributed by atoms with Gasteiger partial charge in [-0.3, -0.25) is 0 Å². The van der Waals surface area contributed by atoms with Gasteiger partial charge < -0.3 is 20.4 Å². The van der Waals surface area contributed by atoms with Crippen LogP contribution in [0.25, 0.3) is 0 Å². The second kappa shape index (κ2) is 7.75. The molecule has 0 spiro atoms. The van der Waals surface area contributed by atoms with E-state index in [4.69, 9.17) is 0 Å². The van der Waals surface area contributed by atoms with Crippen molar-refractivity contribution in [2.45, 2.75) is 37.8 Å². The molecule has 1 aromatic carbocycles. The van der Waals surface area contributed by atoms with E-state index in [0.717, 1.165) is 39.0 Å². The summed E-state index contributed by atoms with van der Waals surface area (Å²) < 4.78 is 0. The number of amides is 2. The van der Waals surface area contributed by atoms with Crippen molar-refractivity contribution < 1.29 is 4.79 Å². The Labute approximate surface area is 150 Å². The van der Waals surface area contributed by atoms with Gasteiger partial charge in [0.2, 0.25) is 0 Å². The van der Waals surface area contributed by atoms with Crippen LogP contribution in [-0.4, -0.2) is 67.2 Å². The third-order valence-electron chi connectivity index (χ3n) is 6.14. The van der Waals surface area contributed by atoms with E-state index in [0.29, 0.717) is 12.0 Å². The number of carbonyl (C=O) groups is 1.